The number of nitrogens with one attached hydrogen (secondary N) is 2. The Morgan fingerprint density at radius 3 is 2.68 bits per heavy atom. The summed E-state index contributed by atoms with van der Waals surface area (Å²) in [6.07, 6.45) is 2.45. The van der Waals surface area contributed by atoms with Gasteiger partial charge in [0.1, 0.15) is 5.75 Å². The summed E-state index contributed by atoms with van der Waals surface area (Å²) >= 11 is 0. The molecule has 0 saturated carbocycles. The Hall–Kier alpha value is -3.15. The van der Waals surface area contributed by atoms with Crippen LogP contribution >= 0.6 is 0 Å². The van der Waals surface area contributed by atoms with Crippen molar-refractivity contribution < 1.29 is 4.74 Å². The predicted octanol–water partition coefficient (Wildman–Crippen LogP) is 4.71. The summed E-state index contributed by atoms with van der Waals surface area (Å²) in [5.74, 6) is 2.47. The molecule has 6 heteroatoms. The van der Waals surface area contributed by atoms with Gasteiger partial charge in [0.25, 0.3) is 0 Å². The zero-order valence-corrected chi connectivity index (χ0v) is 16.9. The molecule has 2 N–H and O–H groups in total. The molecule has 0 fully saturated rings. The van der Waals surface area contributed by atoms with Gasteiger partial charge in [-0.1, -0.05) is 50.2 Å². The Balaban J connectivity index is 1.68. The van der Waals surface area contributed by atoms with Crippen molar-refractivity contribution in [2.24, 2.45) is 0 Å². The molecule has 28 heavy (non-hydrogen) atoms. The van der Waals surface area contributed by atoms with Crippen molar-refractivity contribution in [2.45, 2.75) is 33.1 Å². The van der Waals surface area contributed by atoms with Crippen LogP contribution in [0.4, 0.5) is 17.5 Å². The Kier molecular flexibility index (Phi) is 6.42. The van der Waals surface area contributed by atoms with Gasteiger partial charge in [-0.15, -0.1) is 5.10 Å². The lowest BCUT2D eigenvalue weighted by atomic mass is 9.98. The van der Waals surface area contributed by atoms with Gasteiger partial charge in [-0.2, -0.15) is 10.1 Å². The molecular weight excluding hydrogens is 350 g/mol. The minimum absolute atomic E-state index is 0.413. The molecule has 0 aliphatic carbocycles. The van der Waals surface area contributed by atoms with Gasteiger partial charge in [0.15, 0.2) is 5.82 Å². The molecule has 0 aliphatic rings. The fraction of sp³-hybridized carbons (Fsp3) is 0.318. The second kappa shape index (κ2) is 9.17. The van der Waals surface area contributed by atoms with E-state index in [1.54, 1.807) is 13.3 Å². The van der Waals surface area contributed by atoms with E-state index in [1.807, 2.05) is 18.2 Å². The summed E-state index contributed by atoms with van der Waals surface area (Å²) in [5.41, 5.74) is 4.65. The minimum Gasteiger partial charge on any atom is -0.496 e. The molecule has 0 aliphatic heterocycles. The Morgan fingerprint density at radius 1 is 1.07 bits per heavy atom. The zero-order valence-electron chi connectivity index (χ0n) is 16.9. The van der Waals surface area contributed by atoms with Crippen LogP contribution in [0, 0.1) is 6.92 Å². The maximum Gasteiger partial charge on any atom is 0.244 e. The maximum atomic E-state index is 5.39. The van der Waals surface area contributed by atoms with Crippen LogP contribution in [-0.4, -0.2) is 28.8 Å². The molecule has 0 unspecified atom stereocenters. The molecule has 0 amide bonds. The van der Waals surface area contributed by atoms with E-state index in [0.717, 1.165) is 23.4 Å². The number of benzene rings is 2. The van der Waals surface area contributed by atoms with Crippen LogP contribution in [0.25, 0.3) is 0 Å². The van der Waals surface area contributed by atoms with Gasteiger partial charge in [0, 0.05) is 12.2 Å². The molecule has 6 nitrogen and oxygen atoms in total. The van der Waals surface area contributed by atoms with E-state index in [-0.39, 0.29) is 0 Å². The number of ether oxygens (including phenoxy) is 1. The van der Waals surface area contributed by atoms with E-state index >= 15 is 0 Å². The number of rotatable bonds is 8. The summed E-state index contributed by atoms with van der Waals surface area (Å²) in [5, 5.41) is 14.8. The lowest BCUT2D eigenvalue weighted by Crippen LogP contribution is -2.10. The Morgan fingerprint density at radius 2 is 1.89 bits per heavy atom. The Labute approximate surface area is 166 Å². The van der Waals surface area contributed by atoms with Crippen molar-refractivity contribution in [2.75, 3.05) is 24.3 Å². The van der Waals surface area contributed by atoms with Crippen LogP contribution in [0.3, 0.4) is 0 Å². The van der Waals surface area contributed by atoms with Crippen LogP contribution in [0.2, 0.25) is 0 Å². The van der Waals surface area contributed by atoms with Crippen molar-refractivity contribution in [3.63, 3.8) is 0 Å². The minimum atomic E-state index is 0.413. The van der Waals surface area contributed by atoms with Gasteiger partial charge in [0.05, 0.1) is 13.3 Å². The topological polar surface area (TPSA) is 72.0 Å². The summed E-state index contributed by atoms with van der Waals surface area (Å²) in [6.45, 7) is 7.15. The lowest BCUT2D eigenvalue weighted by Gasteiger charge is -2.17. The molecule has 0 atom stereocenters. The van der Waals surface area contributed by atoms with Crippen molar-refractivity contribution in [1.29, 1.82) is 0 Å². The highest BCUT2D eigenvalue weighted by Crippen LogP contribution is 2.29. The normalized spacial score (nSPS) is 10.8. The molecule has 3 rings (SSSR count). The highest BCUT2D eigenvalue weighted by Gasteiger charge is 2.11. The average Bonchev–Trinajstić information content (AvgIpc) is 2.70. The molecule has 0 bridgehead atoms. The lowest BCUT2D eigenvalue weighted by molar-refractivity contribution is 0.410. The first-order chi connectivity index (χ1) is 13.6. The van der Waals surface area contributed by atoms with Crippen LogP contribution in [0.5, 0.6) is 5.75 Å². The number of methoxy groups -OCH3 is 1. The van der Waals surface area contributed by atoms with E-state index < -0.39 is 0 Å². The average molecular weight is 377 g/mol. The van der Waals surface area contributed by atoms with Crippen LogP contribution in [0.15, 0.2) is 48.7 Å². The third kappa shape index (κ3) is 4.76. The van der Waals surface area contributed by atoms with E-state index in [1.165, 1.54) is 11.1 Å². The second-order valence-corrected chi connectivity index (χ2v) is 6.97. The van der Waals surface area contributed by atoms with Gasteiger partial charge in [-0.25, -0.2) is 0 Å². The highest BCUT2D eigenvalue weighted by molar-refractivity contribution is 5.65. The van der Waals surface area contributed by atoms with Crippen LogP contribution in [-0.2, 0) is 6.42 Å². The zero-order chi connectivity index (χ0) is 19.9. The molecule has 1 heterocycles. The maximum absolute atomic E-state index is 5.39. The fourth-order valence-corrected chi connectivity index (χ4v) is 3.13. The van der Waals surface area contributed by atoms with Gasteiger partial charge in [-0.05, 0) is 42.0 Å². The Bertz CT molecular complexity index is 926. The van der Waals surface area contributed by atoms with Crippen LogP contribution in [0.1, 0.15) is 36.5 Å². The van der Waals surface area contributed by atoms with Crippen molar-refractivity contribution in [3.05, 3.63) is 65.4 Å². The molecule has 2 aromatic carbocycles. The smallest absolute Gasteiger partial charge is 0.244 e. The van der Waals surface area contributed by atoms with Gasteiger partial charge < -0.3 is 15.4 Å². The summed E-state index contributed by atoms with van der Waals surface area (Å²) in [7, 11) is 1.69. The van der Waals surface area contributed by atoms with E-state index in [9.17, 15) is 0 Å². The number of aryl methyl sites for hydroxylation is 1. The molecule has 146 valence electrons. The number of anilines is 3. The van der Waals surface area contributed by atoms with Gasteiger partial charge >= 0.3 is 0 Å². The largest absolute Gasteiger partial charge is 0.496 e. The third-order valence-electron chi connectivity index (χ3n) is 4.61. The first-order valence-corrected chi connectivity index (χ1v) is 9.50. The molecule has 0 radical (unpaired) electrons. The summed E-state index contributed by atoms with van der Waals surface area (Å²) in [6, 6.07) is 14.3. The number of nitrogens with zero attached hydrogens (tertiary/aromatic N) is 3. The highest BCUT2D eigenvalue weighted by atomic mass is 16.5. The molecule has 1 aromatic heterocycles. The standard InChI is InChI=1S/C22H27N5O/c1-15(2)18-10-7-8-16(3)21(18)25-20-14-24-27-22(26-20)23-13-12-17-9-5-6-11-19(17)28-4/h5-11,14-15H,12-13H2,1-4H3,(H2,23,25,26,27). The summed E-state index contributed by atoms with van der Waals surface area (Å²) < 4.78 is 5.39. The molecule has 3 aromatic rings. The first-order valence-electron chi connectivity index (χ1n) is 9.50. The third-order valence-corrected chi connectivity index (χ3v) is 4.61. The monoisotopic (exact) mass is 377 g/mol. The van der Waals surface area contributed by atoms with Crippen LogP contribution < -0.4 is 15.4 Å². The van der Waals surface area contributed by atoms with E-state index in [2.05, 4.69) is 70.9 Å². The van der Waals surface area contributed by atoms with Crippen molar-refractivity contribution >= 4 is 17.5 Å². The fourth-order valence-electron chi connectivity index (χ4n) is 3.13. The van der Waals surface area contributed by atoms with E-state index in [0.29, 0.717) is 24.2 Å². The van der Waals surface area contributed by atoms with Crippen molar-refractivity contribution in [1.82, 2.24) is 15.2 Å². The quantitative estimate of drug-likeness (QED) is 0.592. The van der Waals surface area contributed by atoms with E-state index in [4.69, 9.17) is 4.74 Å². The molecule has 0 spiro atoms. The molecule has 0 saturated heterocycles. The first kappa shape index (κ1) is 19.6. The number of para-hydroxylation sites is 2. The van der Waals surface area contributed by atoms with Gasteiger partial charge in [0.2, 0.25) is 5.95 Å². The van der Waals surface area contributed by atoms with Gasteiger partial charge in [-0.3, -0.25) is 0 Å². The second-order valence-electron chi connectivity index (χ2n) is 6.97. The summed E-state index contributed by atoms with van der Waals surface area (Å²) in [4.78, 5) is 4.56. The number of hydrogen-bond acceptors (Lipinski definition) is 6. The van der Waals surface area contributed by atoms with Crippen molar-refractivity contribution in [3.8, 4) is 5.75 Å². The molecular formula is C22H27N5O. The SMILES string of the molecule is COc1ccccc1CCNc1nncc(Nc2c(C)cccc2C(C)C)n1. The predicted molar refractivity (Wildman–Crippen MR) is 114 cm³/mol. The number of hydrogen-bond donors (Lipinski definition) is 2. The number of aromatic nitrogens is 3.